The largest absolute Gasteiger partial charge is 0.475 e. The van der Waals surface area contributed by atoms with E-state index in [4.69, 9.17) is 9.47 Å². The van der Waals surface area contributed by atoms with Crippen molar-refractivity contribution < 1.29 is 65.8 Å². The molecule has 0 spiro atoms. The van der Waals surface area contributed by atoms with Gasteiger partial charge in [-0.15, -0.1) is 0 Å². The number of carbonyl (C=O) groups excluding carboxylic acids is 2. The van der Waals surface area contributed by atoms with Gasteiger partial charge in [0.05, 0.1) is 48.4 Å². The lowest BCUT2D eigenvalue weighted by Gasteiger charge is -2.34. The second-order valence-corrected chi connectivity index (χ2v) is 17.8. The normalized spacial score (nSPS) is 20.7. The molecule has 4 aliphatic heterocycles. The van der Waals surface area contributed by atoms with Crippen LogP contribution in [0.1, 0.15) is 57.5 Å². The zero-order valence-electron chi connectivity index (χ0n) is 37.2. The number of aromatic nitrogens is 6. The SMILES string of the molecule is O=C(Nc1cc2c(cc1N1CCC(CO)CC1)O[C@@](CO)(C(F)(F)F)C2)c1cnn2cccnc12.O=C(Nc1cc2c(cc1N1CCC(CO)CC1)O[C@](CO)(C(F)(F)F)C2)c1cnn2cccnc12. The van der Waals surface area contributed by atoms with Crippen LogP contribution in [0.3, 0.4) is 0 Å². The lowest BCUT2D eigenvalue weighted by molar-refractivity contribution is -0.253. The summed E-state index contributed by atoms with van der Waals surface area (Å²) >= 11 is 0. The number of aliphatic hydroxyl groups excluding tert-OH is 4. The van der Waals surface area contributed by atoms with E-state index in [1.165, 1.54) is 58.1 Å². The molecule has 0 radical (unpaired) electrons. The maximum atomic E-state index is 13.8. The van der Waals surface area contributed by atoms with Crippen LogP contribution in [-0.2, 0) is 12.8 Å². The fourth-order valence-electron chi connectivity index (χ4n) is 9.26. The fraction of sp³-hybridized carbons (Fsp3) is 0.435. The van der Waals surface area contributed by atoms with Crippen LogP contribution in [0.4, 0.5) is 49.1 Å². The third-order valence-corrected chi connectivity index (χ3v) is 13.4. The molecule has 0 aliphatic carbocycles. The standard InChI is InChI=1S/2C23H24F3N5O4/c2*24-23(25,26)22(13-33)10-15-8-17(29-21(34)16-11-28-31-5-1-4-27-20(16)31)18(9-19(15)35-22)30-6-2-14(12-32)3-7-30/h2*1,4-5,8-9,11,14,32-33H,2-3,6-7,10,12-13H2,(H,29,34)/t2*22-/m10/s1. The topological polar surface area (TPSA) is 224 Å². The van der Waals surface area contributed by atoms with Crippen molar-refractivity contribution in [3.63, 3.8) is 0 Å². The molecule has 6 N–H and O–H groups in total. The van der Waals surface area contributed by atoms with Crippen molar-refractivity contribution in [3.8, 4) is 11.5 Å². The van der Waals surface area contributed by atoms with Crippen LogP contribution in [0.2, 0.25) is 0 Å². The second kappa shape index (κ2) is 18.9. The highest BCUT2D eigenvalue weighted by atomic mass is 19.4. The number of halogens is 6. The number of hydrogen-bond donors (Lipinski definition) is 6. The van der Waals surface area contributed by atoms with E-state index >= 15 is 0 Å². The molecule has 2 amide bonds. The van der Waals surface area contributed by atoms with Crippen LogP contribution in [0.15, 0.2) is 73.6 Å². The number of benzene rings is 2. The molecular weight excluding hydrogens is 935 g/mol. The second-order valence-electron chi connectivity index (χ2n) is 17.8. The number of nitrogens with one attached hydrogen (secondary N) is 2. The van der Waals surface area contributed by atoms with E-state index in [-0.39, 0.29) is 58.8 Å². The van der Waals surface area contributed by atoms with Crippen LogP contribution in [0.5, 0.6) is 11.5 Å². The Kier molecular flexibility index (Phi) is 13.0. The van der Waals surface area contributed by atoms with Crippen molar-refractivity contribution in [3.05, 3.63) is 95.8 Å². The van der Waals surface area contributed by atoms with Crippen molar-refractivity contribution in [1.29, 1.82) is 0 Å². The third kappa shape index (κ3) is 8.99. The van der Waals surface area contributed by atoms with Crippen LogP contribution < -0.4 is 29.9 Å². The van der Waals surface area contributed by atoms with Gasteiger partial charge in [-0.3, -0.25) is 9.59 Å². The predicted molar refractivity (Wildman–Crippen MR) is 239 cm³/mol. The number of hydrogen-bond acceptors (Lipinski definition) is 14. The molecule has 8 heterocycles. The Morgan fingerprint density at radius 3 is 1.36 bits per heavy atom. The molecule has 2 atom stereocenters. The summed E-state index contributed by atoms with van der Waals surface area (Å²) in [5.41, 5.74) is -2.21. The number of piperidine rings is 2. The average Bonchev–Trinajstić information content (AvgIpc) is 4.16. The van der Waals surface area contributed by atoms with Gasteiger partial charge in [0, 0.05) is 100 Å². The summed E-state index contributed by atoms with van der Waals surface area (Å²) in [6, 6.07) is 9.27. The molecule has 4 aromatic heterocycles. The number of nitrogens with zero attached hydrogens (tertiary/aromatic N) is 8. The number of amides is 2. The molecule has 24 heteroatoms. The maximum absolute atomic E-state index is 13.8. The quantitative estimate of drug-likeness (QED) is 0.101. The lowest BCUT2D eigenvalue weighted by Crippen LogP contribution is -2.52. The molecule has 2 saturated heterocycles. The summed E-state index contributed by atoms with van der Waals surface area (Å²) in [4.78, 5) is 38.6. The zero-order chi connectivity index (χ0) is 49.6. The summed E-state index contributed by atoms with van der Waals surface area (Å²) in [6.07, 6.45) is 1.18. The Morgan fingerprint density at radius 2 is 1.01 bits per heavy atom. The molecule has 0 bridgehead atoms. The van der Waals surface area contributed by atoms with E-state index in [1.807, 2.05) is 9.80 Å². The highest BCUT2D eigenvalue weighted by Gasteiger charge is 2.61. The first-order valence-electron chi connectivity index (χ1n) is 22.5. The van der Waals surface area contributed by atoms with Crippen LogP contribution >= 0.6 is 0 Å². The molecule has 10 rings (SSSR count). The van der Waals surface area contributed by atoms with Gasteiger partial charge in [0.1, 0.15) is 22.6 Å². The van der Waals surface area contributed by atoms with Gasteiger partial charge in [-0.2, -0.15) is 36.5 Å². The van der Waals surface area contributed by atoms with E-state index in [0.29, 0.717) is 85.9 Å². The molecule has 18 nitrogen and oxygen atoms in total. The summed E-state index contributed by atoms with van der Waals surface area (Å²) < 4.78 is 96.0. The Morgan fingerprint density at radius 1 is 0.629 bits per heavy atom. The number of fused-ring (bicyclic) bond motifs is 4. The fourth-order valence-corrected chi connectivity index (χ4v) is 9.26. The van der Waals surface area contributed by atoms with E-state index in [2.05, 4.69) is 30.8 Å². The van der Waals surface area contributed by atoms with Gasteiger partial charge in [0.2, 0.25) is 11.2 Å². The van der Waals surface area contributed by atoms with Crippen molar-refractivity contribution in [2.75, 3.05) is 73.0 Å². The minimum atomic E-state index is -4.79. The summed E-state index contributed by atoms with van der Waals surface area (Å²) in [5.74, 6) is -0.682. The van der Waals surface area contributed by atoms with Gasteiger partial charge in [0.15, 0.2) is 11.3 Å². The number of rotatable bonds is 10. The van der Waals surface area contributed by atoms with E-state index in [0.717, 1.165) is 0 Å². The zero-order valence-corrected chi connectivity index (χ0v) is 37.2. The minimum Gasteiger partial charge on any atom is -0.475 e. The number of ether oxygens (including phenoxy) is 2. The molecule has 0 unspecified atom stereocenters. The molecule has 372 valence electrons. The first kappa shape index (κ1) is 48.3. The van der Waals surface area contributed by atoms with Gasteiger partial charge in [-0.05, 0) is 61.8 Å². The van der Waals surface area contributed by atoms with Crippen LogP contribution in [-0.4, -0.2) is 138 Å². The van der Waals surface area contributed by atoms with Crippen molar-refractivity contribution in [1.82, 2.24) is 29.2 Å². The highest BCUT2D eigenvalue weighted by Crippen LogP contribution is 2.50. The number of carbonyl (C=O) groups is 2. The Hall–Kier alpha value is -6.76. The Balaban J connectivity index is 0.000000174. The monoisotopic (exact) mass is 982 g/mol. The molecular formula is C46H48F6N10O8. The smallest absolute Gasteiger partial charge is 0.430 e. The third-order valence-electron chi connectivity index (χ3n) is 13.4. The van der Waals surface area contributed by atoms with Crippen LogP contribution in [0.25, 0.3) is 11.3 Å². The van der Waals surface area contributed by atoms with Gasteiger partial charge >= 0.3 is 12.4 Å². The number of anilines is 4. The maximum Gasteiger partial charge on any atom is 0.430 e. The van der Waals surface area contributed by atoms with E-state index in [9.17, 15) is 56.4 Å². The van der Waals surface area contributed by atoms with Gasteiger partial charge < -0.3 is 50.3 Å². The van der Waals surface area contributed by atoms with Gasteiger partial charge in [-0.25, -0.2) is 19.0 Å². The highest BCUT2D eigenvalue weighted by molar-refractivity contribution is 6.10. The van der Waals surface area contributed by atoms with Crippen molar-refractivity contribution >= 4 is 45.9 Å². The summed E-state index contributed by atoms with van der Waals surface area (Å²) in [7, 11) is 0. The number of alkyl halides is 6. The Labute approximate surface area is 394 Å². The minimum absolute atomic E-state index is 0.0197. The molecule has 0 saturated carbocycles. The van der Waals surface area contributed by atoms with E-state index < -0.39 is 61.4 Å². The summed E-state index contributed by atoms with van der Waals surface area (Å²) in [6.45, 7) is -0.110. The van der Waals surface area contributed by atoms with Crippen LogP contribution in [0, 0.1) is 11.8 Å². The first-order chi connectivity index (χ1) is 33.5. The first-order valence-corrected chi connectivity index (χ1v) is 22.5. The van der Waals surface area contributed by atoms with Gasteiger partial charge in [-0.1, -0.05) is 0 Å². The van der Waals surface area contributed by atoms with E-state index in [1.54, 1.807) is 24.5 Å². The van der Waals surface area contributed by atoms with Crippen molar-refractivity contribution in [2.24, 2.45) is 11.8 Å². The Bertz CT molecular complexity index is 2700. The predicted octanol–water partition coefficient (Wildman–Crippen LogP) is 4.84. The molecule has 2 aromatic carbocycles. The molecule has 6 aromatic rings. The lowest BCUT2D eigenvalue weighted by atomic mass is 9.95. The van der Waals surface area contributed by atoms with Gasteiger partial charge in [0.25, 0.3) is 11.8 Å². The average molecular weight is 983 g/mol. The molecule has 4 aliphatic rings. The summed E-state index contributed by atoms with van der Waals surface area (Å²) in [5, 5.41) is 51.9. The molecule has 2 fully saturated rings. The number of aliphatic hydroxyl groups is 4. The van der Waals surface area contributed by atoms with Crippen molar-refractivity contribution in [2.45, 2.75) is 62.1 Å². The molecule has 70 heavy (non-hydrogen) atoms.